The zero-order chi connectivity index (χ0) is 17.6. The summed E-state index contributed by atoms with van der Waals surface area (Å²) in [6.45, 7) is 0.321. The lowest BCUT2D eigenvalue weighted by Crippen LogP contribution is -2.23. The van der Waals surface area contributed by atoms with Crippen LogP contribution in [0, 0.1) is 11.6 Å². The van der Waals surface area contributed by atoms with Crippen molar-refractivity contribution in [3.63, 3.8) is 0 Å². The lowest BCUT2D eigenvalue weighted by Gasteiger charge is -2.08. The monoisotopic (exact) mass is 342 g/mol. The van der Waals surface area contributed by atoms with Crippen LogP contribution in [0.4, 0.5) is 8.78 Å². The Labute approximate surface area is 143 Å². The molecule has 128 valence electrons. The molecule has 1 N–H and O–H groups in total. The molecule has 1 amide bonds. The summed E-state index contributed by atoms with van der Waals surface area (Å²) in [7, 11) is 0. The number of pyridine rings is 1. The summed E-state index contributed by atoms with van der Waals surface area (Å²) in [5.41, 5.74) is 1.06. The topological polar surface area (TPSA) is 59.8 Å². The first kappa shape index (κ1) is 16.8. The first-order valence-electron chi connectivity index (χ1n) is 7.77. The van der Waals surface area contributed by atoms with E-state index in [-0.39, 0.29) is 24.3 Å². The van der Waals surface area contributed by atoms with Crippen molar-refractivity contribution in [2.75, 3.05) is 0 Å². The summed E-state index contributed by atoms with van der Waals surface area (Å²) in [6, 6.07) is 8.64. The van der Waals surface area contributed by atoms with Gasteiger partial charge in [-0.2, -0.15) is 5.10 Å². The number of halogens is 2. The fourth-order valence-corrected chi connectivity index (χ4v) is 2.37. The summed E-state index contributed by atoms with van der Waals surface area (Å²) >= 11 is 0. The van der Waals surface area contributed by atoms with Gasteiger partial charge in [-0.3, -0.25) is 4.79 Å². The van der Waals surface area contributed by atoms with E-state index in [0.717, 1.165) is 23.8 Å². The van der Waals surface area contributed by atoms with E-state index in [9.17, 15) is 13.6 Å². The summed E-state index contributed by atoms with van der Waals surface area (Å²) in [4.78, 5) is 16.2. The van der Waals surface area contributed by atoms with Crippen LogP contribution in [0.15, 0.2) is 55.0 Å². The Bertz CT molecular complexity index is 865. The van der Waals surface area contributed by atoms with Crippen molar-refractivity contribution in [3.8, 4) is 5.82 Å². The second kappa shape index (κ2) is 7.65. The van der Waals surface area contributed by atoms with Gasteiger partial charge in [0.25, 0.3) is 0 Å². The number of hydrogen-bond acceptors (Lipinski definition) is 3. The van der Waals surface area contributed by atoms with Crippen LogP contribution < -0.4 is 5.32 Å². The standard InChI is InChI=1S/C18H16F2N4O/c19-15-3-4-16(20)14(11-15)2-5-18(25)22-12-13-6-8-21-17(10-13)24-9-1-7-23-24/h1,3-4,6-11H,2,5,12H2,(H,22,25). The molecule has 0 saturated carbocycles. The lowest BCUT2D eigenvalue weighted by atomic mass is 10.1. The number of benzene rings is 1. The van der Waals surface area contributed by atoms with Gasteiger partial charge in [0.15, 0.2) is 5.82 Å². The van der Waals surface area contributed by atoms with Gasteiger partial charge in [0, 0.05) is 31.6 Å². The van der Waals surface area contributed by atoms with E-state index in [1.807, 2.05) is 6.07 Å². The third-order valence-electron chi connectivity index (χ3n) is 3.67. The van der Waals surface area contributed by atoms with Crippen LogP contribution in [0.5, 0.6) is 0 Å². The number of nitrogens with one attached hydrogen (secondary N) is 1. The van der Waals surface area contributed by atoms with E-state index >= 15 is 0 Å². The highest BCUT2D eigenvalue weighted by molar-refractivity contribution is 5.76. The molecule has 0 aliphatic carbocycles. The predicted octanol–water partition coefficient (Wildman–Crippen LogP) is 2.79. The Kier molecular flexibility index (Phi) is 5.13. The summed E-state index contributed by atoms with van der Waals surface area (Å²) < 4.78 is 28.3. The van der Waals surface area contributed by atoms with Gasteiger partial charge in [0.05, 0.1) is 0 Å². The van der Waals surface area contributed by atoms with Gasteiger partial charge in [-0.05, 0) is 53.9 Å². The third kappa shape index (κ3) is 4.47. The summed E-state index contributed by atoms with van der Waals surface area (Å²) in [6.07, 6.45) is 5.29. The number of rotatable bonds is 6. The average Bonchev–Trinajstić information content (AvgIpc) is 3.16. The van der Waals surface area contributed by atoms with E-state index in [1.165, 1.54) is 0 Å². The minimum absolute atomic E-state index is 0.0808. The molecular formula is C18H16F2N4O. The van der Waals surface area contributed by atoms with Crippen LogP contribution in [0.2, 0.25) is 0 Å². The van der Waals surface area contributed by atoms with Gasteiger partial charge in [0.1, 0.15) is 11.6 Å². The minimum Gasteiger partial charge on any atom is -0.352 e. The number of nitrogens with zero attached hydrogens (tertiary/aromatic N) is 3. The van der Waals surface area contributed by atoms with Crippen molar-refractivity contribution in [2.24, 2.45) is 0 Å². The molecule has 2 heterocycles. The number of amides is 1. The third-order valence-corrected chi connectivity index (χ3v) is 3.67. The molecule has 5 nitrogen and oxygen atoms in total. The van der Waals surface area contributed by atoms with Gasteiger partial charge in [-0.1, -0.05) is 0 Å². The molecular weight excluding hydrogens is 326 g/mol. The minimum atomic E-state index is -0.514. The molecule has 0 fully saturated rings. The Hall–Kier alpha value is -3.09. The molecule has 0 saturated heterocycles. The first-order valence-corrected chi connectivity index (χ1v) is 7.77. The van der Waals surface area contributed by atoms with Crippen LogP contribution >= 0.6 is 0 Å². The highest BCUT2D eigenvalue weighted by atomic mass is 19.1. The SMILES string of the molecule is O=C(CCc1cc(F)ccc1F)NCc1ccnc(-n2cccn2)c1. The maximum Gasteiger partial charge on any atom is 0.220 e. The normalized spacial score (nSPS) is 10.6. The molecule has 2 aromatic heterocycles. The molecule has 25 heavy (non-hydrogen) atoms. The van der Waals surface area contributed by atoms with Gasteiger partial charge >= 0.3 is 0 Å². The van der Waals surface area contributed by atoms with Gasteiger partial charge in [0.2, 0.25) is 5.91 Å². The fraction of sp³-hybridized carbons (Fsp3) is 0.167. The molecule has 1 aromatic carbocycles. The first-order chi connectivity index (χ1) is 12.1. The maximum atomic E-state index is 13.5. The van der Waals surface area contributed by atoms with Crippen molar-refractivity contribution in [1.29, 1.82) is 0 Å². The van der Waals surface area contributed by atoms with Crippen LogP contribution in [0.1, 0.15) is 17.5 Å². The van der Waals surface area contributed by atoms with Crippen LogP contribution in [-0.4, -0.2) is 20.7 Å². The molecule has 0 aliphatic heterocycles. The van der Waals surface area contributed by atoms with Crippen molar-refractivity contribution in [3.05, 3.63) is 77.8 Å². The number of carbonyl (C=O) groups excluding carboxylic acids is 1. The molecule has 3 aromatic rings. The van der Waals surface area contributed by atoms with E-state index in [2.05, 4.69) is 15.4 Å². The van der Waals surface area contributed by atoms with Gasteiger partial charge in [-0.15, -0.1) is 0 Å². The molecule has 0 bridgehead atoms. The lowest BCUT2D eigenvalue weighted by molar-refractivity contribution is -0.121. The zero-order valence-corrected chi connectivity index (χ0v) is 13.3. The Morgan fingerprint density at radius 2 is 2.04 bits per heavy atom. The predicted molar refractivity (Wildman–Crippen MR) is 87.9 cm³/mol. The summed E-state index contributed by atoms with van der Waals surface area (Å²) in [5.74, 6) is -0.605. The maximum absolute atomic E-state index is 13.5. The number of hydrogen-bond donors (Lipinski definition) is 1. The van der Waals surface area contributed by atoms with Crippen molar-refractivity contribution < 1.29 is 13.6 Å². The number of aromatic nitrogens is 3. The Balaban J connectivity index is 1.54. The van der Waals surface area contributed by atoms with Gasteiger partial charge in [-0.25, -0.2) is 18.4 Å². The highest BCUT2D eigenvalue weighted by Crippen LogP contribution is 2.12. The summed E-state index contributed by atoms with van der Waals surface area (Å²) in [5, 5.41) is 6.87. The molecule has 0 aliphatic rings. The molecule has 0 unspecified atom stereocenters. The smallest absolute Gasteiger partial charge is 0.220 e. The van der Waals surface area contributed by atoms with E-state index in [0.29, 0.717) is 12.4 Å². The van der Waals surface area contributed by atoms with Crippen molar-refractivity contribution in [2.45, 2.75) is 19.4 Å². The zero-order valence-electron chi connectivity index (χ0n) is 13.3. The quantitative estimate of drug-likeness (QED) is 0.749. The van der Waals surface area contributed by atoms with Crippen molar-refractivity contribution >= 4 is 5.91 Å². The highest BCUT2D eigenvalue weighted by Gasteiger charge is 2.08. The van der Waals surface area contributed by atoms with Crippen molar-refractivity contribution in [1.82, 2.24) is 20.1 Å². The second-order valence-electron chi connectivity index (χ2n) is 5.49. The van der Waals surface area contributed by atoms with Crippen LogP contribution in [0.3, 0.4) is 0 Å². The number of aryl methyl sites for hydroxylation is 1. The van der Waals surface area contributed by atoms with E-state index < -0.39 is 11.6 Å². The Morgan fingerprint density at radius 3 is 2.84 bits per heavy atom. The van der Waals surface area contributed by atoms with E-state index in [1.54, 1.807) is 35.4 Å². The largest absolute Gasteiger partial charge is 0.352 e. The molecule has 7 heteroatoms. The van der Waals surface area contributed by atoms with Gasteiger partial charge < -0.3 is 5.32 Å². The average molecular weight is 342 g/mol. The number of carbonyl (C=O) groups is 1. The van der Waals surface area contributed by atoms with Crippen LogP contribution in [0.25, 0.3) is 5.82 Å². The molecule has 0 spiro atoms. The second-order valence-corrected chi connectivity index (χ2v) is 5.49. The fourth-order valence-electron chi connectivity index (χ4n) is 2.37. The molecule has 0 atom stereocenters. The molecule has 0 radical (unpaired) electrons. The Morgan fingerprint density at radius 1 is 1.16 bits per heavy atom. The molecule has 3 rings (SSSR count). The van der Waals surface area contributed by atoms with Crippen LogP contribution in [-0.2, 0) is 17.8 Å². The van der Waals surface area contributed by atoms with E-state index in [4.69, 9.17) is 0 Å².